The van der Waals surface area contributed by atoms with Gasteiger partial charge in [-0.25, -0.2) is 5.01 Å². The average molecular weight is 608 g/mol. The van der Waals surface area contributed by atoms with E-state index in [0.717, 1.165) is 11.1 Å². The molecule has 3 aromatic rings. The SMILES string of the molecule is O=C(c1ccccc1[N+](=O)[O-])N(Cc1ccc(Cl)c(Cl)c1)N1C(=O)c2c(Cl)c(Cl)c(Cl)c(Cl)c2C1=O. The predicted molar refractivity (Wildman–Crippen MR) is 136 cm³/mol. The predicted octanol–water partition coefficient (Wildman–Crippen LogP) is 7.37. The monoisotopic (exact) mass is 605 g/mol. The molecule has 184 valence electrons. The number of hydrazine groups is 1. The van der Waals surface area contributed by atoms with E-state index < -0.39 is 34.9 Å². The number of carbonyl (C=O) groups excluding carboxylic acids is 3. The number of hydrogen-bond donors (Lipinski definition) is 0. The highest BCUT2D eigenvalue weighted by Gasteiger charge is 2.46. The number of carbonyl (C=O) groups is 3. The number of nitrogens with zero attached hydrogens (tertiary/aromatic N) is 3. The molecule has 3 aromatic carbocycles. The Morgan fingerprint density at radius 1 is 0.833 bits per heavy atom. The normalized spacial score (nSPS) is 12.7. The fourth-order valence-corrected chi connectivity index (χ4v) is 4.89. The summed E-state index contributed by atoms with van der Waals surface area (Å²) in [4.78, 5) is 51.3. The molecule has 14 heteroatoms. The lowest BCUT2D eigenvalue weighted by molar-refractivity contribution is -0.385. The van der Waals surface area contributed by atoms with Gasteiger partial charge in [-0.05, 0) is 23.8 Å². The Balaban J connectivity index is 1.89. The molecular formula is C22H9Cl6N3O5. The first-order valence-electron chi connectivity index (χ1n) is 9.69. The van der Waals surface area contributed by atoms with Gasteiger partial charge in [-0.1, -0.05) is 87.8 Å². The highest BCUT2D eigenvalue weighted by molar-refractivity contribution is 6.55. The van der Waals surface area contributed by atoms with Crippen LogP contribution in [0.25, 0.3) is 0 Å². The van der Waals surface area contributed by atoms with Crippen molar-refractivity contribution in [3.05, 3.63) is 105 Å². The van der Waals surface area contributed by atoms with E-state index in [9.17, 15) is 24.5 Å². The zero-order valence-electron chi connectivity index (χ0n) is 17.4. The fourth-order valence-electron chi connectivity index (χ4n) is 3.55. The van der Waals surface area contributed by atoms with Crippen molar-refractivity contribution in [2.45, 2.75) is 6.54 Å². The molecule has 0 spiro atoms. The zero-order chi connectivity index (χ0) is 26.5. The maximum absolute atomic E-state index is 13.7. The van der Waals surface area contributed by atoms with Gasteiger partial charge < -0.3 is 0 Å². The molecule has 0 bridgehead atoms. The molecule has 0 unspecified atom stereocenters. The minimum atomic E-state index is -1.03. The number of benzene rings is 3. The van der Waals surface area contributed by atoms with Crippen LogP contribution in [0.15, 0.2) is 42.5 Å². The van der Waals surface area contributed by atoms with Crippen LogP contribution in [0.5, 0.6) is 0 Å². The van der Waals surface area contributed by atoms with E-state index in [1.165, 1.54) is 36.4 Å². The van der Waals surface area contributed by atoms with Gasteiger partial charge in [0.25, 0.3) is 23.4 Å². The Morgan fingerprint density at radius 3 is 1.92 bits per heavy atom. The number of para-hydroxylation sites is 1. The van der Waals surface area contributed by atoms with E-state index in [4.69, 9.17) is 69.6 Å². The van der Waals surface area contributed by atoms with E-state index in [1.807, 2.05) is 0 Å². The largest absolute Gasteiger partial charge is 0.282 e. The third kappa shape index (κ3) is 4.38. The molecule has 3 amide bonds. The highest BCUT2D eigenvalue weighted by Crippen LogP contribution is 2.45. The van der Waals surface area contributed by atoms with Crippen molar-refractivity contribution in [3.8, 4) is 0 Å². The van der Waals surface area contributed by atoms with Gasteiger partial charge in [0.2, 0.25) is 0 Å². The standard InChI is InChI=1S/C22H9Cl6N3O5/c23-11-6-5-9(7-12(11)24)8-29(20(32)10-3-1-2-4-13(10)31(35)36)30-21(33)14-15(22(30)34)17(26)19(28)18(27)16(14)25/h1-7H,8H2. The summed E-state index contributed by atoms with van der Waals surface area (Å²) in [6.45, 7) is -0.413. The summed E-state index contributed by atoms with van der Waals surface area (Å²) in [6.07, 6.45) is 0. The summed E-state index contributed by atoms with van der Waals surface area (Å²) in [7, 11) is 0. The Kier molecular flexibility index (Phi) is 7.39. The fraction of sp³-hybridized carbons (Fsp3) is 0.0455. The smallest absolute Gasteiger partial charge is 0.267 e. The van der Waals surface area contributed by atoms with Crippen LogP contribution < -0.4 is 0 Å². The number of amides is 3. The second kappa shape index (κ2) is 10.0. The Bertz CT molecular complexity index is 1450. The zero-order valence-corrected chi connectivity index (χ0v) is 21.9. The van der Waals surface area contributed by atoms with Crippen molar-refractivity contribution in [1.29, 1.82) is 0 Å². The molecule has 0 saturated heterocycles. The van der Waals surface area contributed by atoms with Gasteiger partial charge in [-0.15, -0.1) is 0 Å². The minimum Gasteiger partial charge on any atom is -0.267 e. The molecule has 1 aliphatic heterocycles. The summed E-state index contributed by atoms with van der Waals surface area (Å²) >= 11 is 36.6. The van der Waals surface area contributed by atoms with Gasteiger partial charge in [0.1, 0.15) is 5.56 Å². The molecule has 0 saturated carbocycles. The number of imide groups is 1. The van der Waals surface area contributed by atoms with E-state index >= 15 is 0 Å². The molecule has 4 rings (SSSR count). The first kappa shape index (κ1) is 26.5. The van der Waals surface area contributed by atoms with Crippen LogP contribution in [0, 0.1) is 10.1 Å². The summed E-state index contributed by atoms with van der Waals surface area (Å²) in [5.74, 6) is -3.10. The van der Waals surface area contributed by atoms with Crippen LogP contribution in [-0.2, 0) is 6.54 Å². The van der Waals surface area contributed by atoms with Gasteiger partial charge in [-0.2, -0.15) is 5.01 Å². The third-order valence-corrected chi connectivity index (χ3v) is 7.74. The average Bonchev–Trinajstić information content (AvgIpc) is 3.11. The van der Waals surface area contributed by atoms with Gasteiger partial charge in [0.05, 0.1) is 52.7 Å². The Morgan fingerprint density at radius 2 is 1.39 bits per heavy atom. The quantitative estimate of drug-likeness (QED) is 0.0991. The first-order valence-corrected chi connectivity index (χ1v) is 12.0. The summed E-state index contributed by atoms with van der Waals surface area (Å²) in [5.41, 5.74) is -1.31. The van der Waals surface area contributed by atoms with Crippen LogP contribution >= 0.6 is 69.6 Å². The molecular weight excluding hydrogens is 599 g/mol. The summed E-state index contributed by atoms with van der Waals surface area (Å²) in [5, 5.41) is 11.9. The lowest BCUT2D eigenvalue weighted by Crippen LogP contribution is -2.49. The molecule has 0 atom stereocenters. The number of fused-ring (bicyclic) bond motifs is 1. The molecule has 1 heterocycles. The molecule has 0 aliphatic carbocycles. The van der Waals surface area contributed by atoms with Gasteiger partial charge >= 0.3 is 0 Å². The molecule has 0 radical (unpaired) electrons. The van der Waals surface area contributed by atoms with Gasteiger partial charge in [-0.3, -0.25) is 24.5 Å². The van der Waals surface area contributed by atoms with Gasteiger partial charge in [0, 0.05) is 6.07 Å². The summed E-state index contributed by atoms with van der Waals surface area (Å²) < 4.78 is 0. The minimum absolute atomic E-state index is 0.138. The lowest BCUT2D eigenvalue weighted by atomic mass is 10.1. The van der Waals surface area contributed by atoms with E-state index in [0.29, 0.717) is 10.6 Å². The molecule has 0 aromatic heterocycles. The van der Waals surface area contributed by atoms with Crippen molar-refractivity contribution in [2.75, 3.05) is 0 Å². The Labute approximate surface area is 232 Å². The topological polar surface area (TPSA) is 101 Å². The maximum Gasteiger partial charge on any atom is 0.282 e. The first-order chi connectivity index (χ1) is 17.0. The number of nitro benzene ring substituents is 1. The van der Waals surface area contributed by atoms with Crippen molar-refractivity contribution in [1.82, 2.24) is 10.0 Å². The lowest BCUT2D eigenvalue weighted by Gasteiger charge is -2.30. The highest BCUT2D eigenvalue weighted by atomic mass is 35.5. The van der Waals surface area contributed by atoms with Crippen molar-refractivity contribution in [3.63, 3.8) is 0 Å². The molecule has 8 nitrogen and oxygen atoms in total. The second-order valence-corrected chi connectivity index (χ2v) is 9.64. The van der Waals surface area contributed by atoms with Crippen molar-refractivity contribution in [2.24, 2.45) is 0 Å². The van der Waals surface area contributed by atoms with E-state index in [1.54, 1.807) is 0 Å². The number of halogens is 6. The van der Waals surface area contributed by atoms with Crippen molar-refractivity contribution >= 4 is 93.0 Å². The van der Waals surface area contributed by atoms with Crippen LogP contribution in [0.1, 0.15) is 36.6 Å². The van der Waals surface area contributed by atoms with Crippen molar-refractivity contribution < 1.29 is 19.3 Å². The number of hydrogen-bond acceptors (Lipinski definition) is 5. The van der Waals surface area contributed by atoms with Crippen LogP contribution in [-0.4, -0.2) is 32.7 Å². The van der Waals surface area contributed by atoms with Crippen LogP contribution in [0.3, 0.4) is 0 Å². The van der Waals surface area contributed by atoms with Crippen LogP contribution in [0.4, 0.5) is 5.69 Å². The van der Waals surface area contributed by atoms with E-state index in [2.05, 4.69) is 0 Å². The molecule has 0 N–H and O–H groups in total. The number of nitro groups is 1. The second-order valence-electron chi connectivity index (χ2n) is 7.31. The number of rotatable bonds is 5. The third-order valence-electron chi connectivity index (χ3n) is 5.20. The maximum atomic E-state index is 13.7. The Hall–Kier alpha value is -2.59. The molecule has 0 fully saturated rings. The molecule has 1 aliphatic rings. The van der Waals surface area contributed by atoms with Gasteiger partial charge in [0.15, 0.2) is 0 Å². The molecule has 36 heavy (non-hydrogen) atoms. The van der Waals surface area contributed by atoms with E-state index in [-0.39, 0.29) is 46.8 Å². The van der Waals surface area contributed by atoms with Crippen LogP contribution in [0.2, 0.25) is 30.1 Å². The summed E-state index contributed by atoms with van der Waals surface area (Å²) in [6, 6.07) is 9.42.